The van der Waals surface area contributed by atoms with Gasteiger partial charge >= 0.3 is 0 Å². The van der Waals surface area contributed by atoms with Crippen LogP contribution in [0.5, 0.6) is 0 Å². The summed E-state index contributed by atoms with van der Waals surface area (Å²) in [7, 11) is 0. The van der Waals surface area contributed by atoms with Crippen molar-refractivity contribution in [1.29, 1.82) is 5.26 Å². The largest absolute Gasteiger partial charge is 0.383 e. The maximum absolute atomic E-state index is 13.7. The van der Waals surface area contributed by atoms with Gasteiger partial charge in [-0.15, -0.1) is 0 Å². The van der Waals surface area contributed by atoms with Gasteiger partial charge in [-0.05, 0) is 29.5 Å². The van der Waals surface area contributed by atoms with Gasteiger partial charge in [0.15, 0.2) is 5.65 Å². The zero-order valence-electron chi connectivity index (χ0n) is 16.3. The standard InChI is InChI=1S/C24H15N5OS/c25-12-17-21(26)29-23(30)19-18(14-7-2-1-3-8-14)16-11-10-13-6-4-5-9-15(13)20(16)27-22(19)28-24(29)31-17/h1-9H,10-11,26H2. The molecule has 0 aliphatic heterocycles. The number of fused-ring (bicyclic) bond motifs is 5. The van der Waals surface area contributed by atoms with E-state index in [-0.39, 0.29) is 16.3 Å². The second-order valence-corrected chi connectivity index (χ2v) is 8.48. The highest BCUT2D eigenvalue weighted by Gasteiger charge is 2.26. The Morgan fingerprint density at radius 3 is 2.61 bits per heavy atom. The number of aromatic nitrogens is 3. The predicted octanol–water partition coefficient (Wildman–Crippen LogP) is 4.19. The molecule has 2 N–H and O–H groups in total. The van der Waals surface area contributed by atoms with E-state index in [0.29, 0.717) is 16.0 Å². The Hall–Kier alpha value is -4.02. The van der Waals surface area contributed by atoms with Crippen LogP contribution in [0.1, 0.15) is 16.0 Å². The van der Waals surface area contributed by atoms with Crippen LogP contribution in [0.4, 0.5) is 5.82 Å². The summed E-state index contributed by atoms with van der Waals surface area (Å²) in [6.07, 6.45) is 1.66. The Bertz CT molecular complexity index is 1630. The molecule has 0 spiro atoms. The van der Waals surface area contributed by atoms with Gasteiger partial charge in [0, 0.05) is 11.1 Å². The molecule has 7 heteroatoms. The molecule has 3 heterocycles. The van der Waals surface area contributed by atoms with Crippen LogP contribution in [-0.4, -0.2) is 14.4 Å². The molecule has 148 valence electrons. The average Bonchev–Trinajstić information content (AvgIpc) is 3.13. The first kappa shape index (κ1) is 17.8. The lowest BCUT2D eigenvalue weighted by Crippen LogP contribution is -2.19. The van der Waals surface area contributed by atoms with Gasteiger partial charge in [0.1, 0.15) is 16.8 Å². The van der Waals surface area contributed by atoms with Crippen LogP contribution < -0.4 is 11.3 Å². The third-order valence-corrected chi connectivity index (χ3v) is 6.80. The summed E-state index contributed by atoms with van der Waals surface area (Å²) in [4.78, 5) is 23.9. The first-order chi connectivity index (χ1) is 15.2. The number of benzene rings is 2. The van der Waals surface area contributed by atoms with E-state index in [2.05, 4.69) is 23.2 Å². The van der Waals surface area contributed by atoms with Crippen molar-refractivity contribution in [3.8, 4) is 28.5 Å². The molecule has 1 aliphatic rings. The molecule has 6 nitrogen and oxygen atoms in total. The lowest BCUT2D eigenvalue weighted by Gasteiger charge is -2.23. The van der Waals surface area contributed by atoms with E-state index in [1.54, 1.807) is 0 Å². The van der Waals surface area contributed by atoms with Gasteiger partial charge in [-0.1, -0.05) is 65.9 Å². The number of anilines is 1. The average molecular weight is 421 g/mol. The summed E-state index contributed by atoms with van der Waals surface area (Å²) >= 11 is 1.10. The van der Waals surface area contributed by atoms with E-state index >= 15 is 0 Å². The molecule has 1 aliphatic carbocycles. The van der Waals surface area contributed by atoms with Gasteiger partial charge < -0.3 is 5.73 Å². The molecule has 6 rings (SSSR count). The molecule has 3 aromatic heterocycles. The summed E-state index contributed by atoms with van der Waals surface area (Å²) in [6.45, 7) is 0. The van der Waals surface area contributed by atoms with Crippen molar-refractivity contribution >= 4 is 33.1 Å². The number of nitriles is 1. The lowest BCUT2D eigenvalue weighted by atomic mass is 9.84. The van der Waals surface area contributed by atoms with Gasteiger partial charge in [0.2, 0.25) is 4.96 Å². The first-order valence-corrected chi connectivity index (χ1v) is 10.7. The summed E-state index contributed by atoms with van der Waals surface area (Å²) in [5, 5.41) is 9.82. The quantitative estimate of drug-likeness (QED) is 0.438. The van der Waals surface area contributed by atoms with Crippen molar-refractivity contribution < 1.29 is 0 Å². The monoisotopic (exact) mass is 421 g/mol. The highest BCUT2D eigenvalue weighted by Crippen LogP contribution is 2.40. The Morgan fingerprint density at radius 1 is 1.03 bits per heavy atom. The fourth-order valence-electron chi connectivity index (χ4n) is 4.46. The zero-order chi connectivity index (χ0) is 21.1. The van der Waals surface area contributed by atoms with Gasteiger partial charge in [0.05, 0.1) is 11.1 Å². The number of nitrogens with zero attached hydrogens (tertiary/aromatic N) is 4. The third-order valence-electron chi connectivity index (χ3n) is 5.84. The van der Waals surface area contributed by atoms with Crippen molar-refractivity contribution in [3.05, 3.63) is 81.0 Å². The number of pyridine rings is 1. The van der Waals surface area contributed by atoms with E-state index < -0.39 is 0 Å². The number of hydrogen-bond acceptors (Lipinski definition) is 6. The molecule has 5 aromatic rings. The molecule has 0 saturated carbocycles. The van der Waals surface area contributed by atoms with Crippen molar-refractivity contribution in [2.45, 2.75) is 12.8 Å². The molecule has 0 atom stereocenters. The van der Waals surface area contributed by atoms with Gasteiger partial charge in [-0.25, -0.2) is 9.38 Å². The number of aryl methyl sites for hydroxylation is 1. The fourth-order valence-corrected chi connectivity index (χ4v) is 5.29. The number of rotatable bonds is 1. The van der Waals surface area contributed by atoms with E-state index in [0.717, 1.165) is 52.1 Å². The fraction of sp³-hybridized carbons (Fsp3) is 0.0833. The second kappa shape index (κ2) is 6.49. The summed E-state index contributed by atoms with van der Waals surface area (Å²) in [6, 6.07) is 20.2. The lowest BCUT2D eigenvalue weighted by molar-refractivity contribution is 0.932. The number of nitrogen functional groups attached to an aromatic ring is 1. The minimum Gasteiger partial charge on any atom is -0.383 e. The Labute approximate surface area is 180 Å². The minimum atomic E-state index is -0.289. The highest BCUT2D eigenvalue weighted by atomic mass is 32.1. The summed E-state index contributed by atoms with van der Waals surface area (Å²) in [5.41, 5.74) is 12.2. The predicted molar refractivity (Wildman–Crippen MR) is 122 cm³/mol. The normalized spacial score (nSPS) is 12.5. The van der Waals surface area contributed by atoms with Crippen LogP contribution in [0, 0.1) is 11.3 Å². The SMILES string of the molecule is N#Cc1sc2nc3nc4c(c(-c5ccccc5)c3c(=O)n2c1N)CCc1ccccc1-4. The highest BCUT2D eigenvalue weighted by molar-refractivity contribution is 7.18. The zero-order valence-corrected chi connectivity index (χ0v) is 17.1. The number of hydrogen-bond donors (Lipinski definition) is 1. The van der Waals surface area contributed by atoms with Crippen LogP contribution in [-0.2, 0) is 12.8 Å². The molecule has 0 bridgehead atoms. The Kier molecular flexibility index (Phi) is 3.73. The molecule has 0 fully saturated rings. The molecular formula is C24H15N5OS. The molecule has 0 saturated heterocycles. The van der Waals surface area contributed by atoms with Crippen LogP contribution in [0.15, 0.2) is 59.4 Å². The first-order valence-electron chi connectivity index (χ1n) is 9.89. The van der Waals surface area contributed by atoms with E-state index in [9.17, 15) is 10.1 Å². The van der Waals surface area contributed by atoms with E-state index in [1.807, 2.05) is 42.5 Å². The van der Waals surface area contributed by atoms with Crippen LogP contribution in [0.2, 0.25) is 0 Å². The Balaban J connectivity index is 1.84. The Morgan fingerprint density at radius 2 is 1.81 bits per heavy atom. The minimum absolute atomic E-state index is 0.129. The van der Waals surface area contributed by atoms with Crippen LogP contribution in [0.25, 0.3) is 38.4 Å². The maximum atomic E-state index is 13.7. The van der Waals surface area contributed by atoms with E-state index in [4.69, 9.17) is 10.7 Å². The summed E-state index contributed by atoms with van der Waals surface area (Å²) in [5.74, 6) is 0.129. The number of thiazole rings is 1. The molecule has 0 amide bonds. The van der Waals surface area contributed by atoms with Crippen LogP contribution in [0.3, 0.4) is 0 Å². The van der Waals surface area contributed by atoms with Gasteiger partial charge in [-0.3, -0.25) is 4.79 Å². The molecule has 2 aromatic carbocycles. The molecule has 0 unspecified atom stereocenters. The van der Waals surface area contributed by atoms with Crippen molar-refractivity contribution in [1.82, 2.24) is 14.4 Å². The van der Waals surface area contributed by atoms with Gasteiger partial charge in [-0.2, -0.15) is 10.2 Å². The van der Waals surface area contributed by atoms with Crippen molar-refractivity contribution in [2.75, 3.05) is 5.73 Å². The third kappa shape index (κ3) is 2.46. The van der Waals surface area contributed by atoms with Crippen LogP contribution >= 0.6 is 11.3 Å². The van der Waals surface area contributed by atoms with Gasteiger partial charge in [0.25, 0.3) is 5.56 Å². The molecule has 31 heavy (non-hydrogen) atoms. The smallest absolute Gasteiger partial charge is 0.270 e. The molecular weight excluding hydrogens is 406 g/mol. The summed E-state index contributed by atoms with van der Waals surface area (Å²) < 4.78 is 1.34. The topological polar surface area (TPSA) is 97.1 Å². The van der Waals surface area contributed by atoms with E-state index in [1.165, 1.54) is 9.96 Å². The number of nitrogens with two attached hydrogens (primary N) is 1. The van der Waals surface area contributed by atoms with Crippen molar-refractivity contribution in [3.63, 3.8) is 0 Å². The maximum Gasteiger partial charge on any atom is 0.270 e. The molecule has 0 radical (unpaired) electrons. The second-order valence-electron chi connectivity index (χ2n) is 7.50. The van der Waals surface area contributed by atoms with Crippen molar-refractivity contribution in [2.24, 2.45) is 0 Å².